The predicted molar refractivity (Wildman–Crippen MR) is 71.5 cm³/mol. The van der Waals surface area contributed by atoms with E-state index in [0.29, 0.717) is 6.61 Å². The van der Waals surface area contributed by atoms with Gasteiger partial charge in [-0.05, 0) is 19.9 Å². The lowest BCUT2D eigenvalue weighted by Crippen LogP contribution is -2.46. The van der Waals surface area contributed by atoms with Crippen LogP contribution in [0.5, 0.6) is 0 Å². The molecular weight excluding hydrogens is 272 g/mol. The molecule has 19 heavy (non-hydrogen) atoms. The van der Waals surface area contributed by atoms with E-state index in [1.54, 1.807) is 13.8 Å². The number of benzene rings is 1. The Balaban J connectivity index is 2.99. The molecule has 0 spiro atoms. The van der Waals surface area contributed by atoms with Gasteiger partial charge in [-0.25, -0.2) is 0 Å². The predicted octanol–water partition coefficient (Wildman–Crippen LogP) is 2.40. The van der Waals surface area contributed by atoms with Crippen molar-refractivity contribution in [3.05, 3.63) is 38.9 Å². The van der Waals surface area contributed by atoms with Crippen LogP contribution in [0.1, 0.15) is 24.2 Å². The van der Waals surface area contributed by atoms with Crippen LogP contribution < -0.4 is 5.32 Å². The van der Waals surface area contributed by atoms with Crippen molar-refractivity contribution in [1.82, 2.24) is 5.32 Å². The van der Waals surface area contributed by atoms with Gasteiger partial charge in [0.25, 0.3) is 11.6 Å². The Hall–Kier alpha value is -1.66. The van der Waals surface area contributed by atoms with E-state index in [1.807, 2.05) is 0 Å². The minimum atomic E-state index is -0.597. The topological polar surface area (TPSA) is 81.5 Å². The molecule has 1 aromatic rings. The van der Waals surface area contributed by atoms with Crippen molar-refractivity contribution in [2.24, 2.45) is 0 Å². The lowest BCUT2D eigenvalue weighted by molar-refractivity contribution is -0.384. The molecule has 0 bridgehead atoms. The summed E-state index contributed by atoms with van der Waals surface area (Å²) >= 11 is 5.89. The number of hydrogen-bond acceptors (Lipinski definition) is 4. The van der Waals surface area contributed by atoms with Gasteiger partial charge in [-0.2, -0.15) is 0 Å². The minimum Gasteiger partial charge on any atom is -0.382 e. The SMILES string of the molecule is COCC(C)(C)NC(=O)c1cc([N+](=O)[O-])ccc1Cl. The lowest BCUT2D eigenvalue weighted by atomic mass is 10.1. The minimum absolute atomic E-state index is 0.0695. The first-order chi connectivity index (χ1) is 8.76. The Bertz CT molecular complexity index is 503. The summed E-state index contributed by atoms with van der Waals surface area (Å²) in [5, 5.41) is 13.6. The van der Waals surface area contributed by atoms with Crippen LogP contribution in [-0.4, -0.2) is 30.1 Å². The molecular formula is C12H15ClN2O4. The van der Waals surface area contributed by atoms with E-state index in [4.69, 9.17) is 16.3 Å². The quantitative estimate of drug-likeness (QED) is 0.665. The number of ether oxygens (including phenoxy) is 1. The summed E-state index contributed by atoms with van der Waals surface area (Å²) in [4.78, 5) is 22.2. The first-order valence-corrected chi connectivity index (χ1v) is 5.90. The number of halogens is 1. The van der Waals surface area contributed by atoms with Crippen molar-refractivity contribution < 1.29 is 14.5 Å². The van der Waals surface area contributed by atoms with Gasteiger partial charge in [-0.1, -0.05) is 11.6 Å². The van der Waals surface area contributed by atoms with Crippen LogP contribution >= 0.6 is 11.6 Å². The molecule has 7 heteroatoms. The number of nitro benzene ring substituents is 1. The molecule has 0 aliphatic rings. The molecule has 1 amide bonds. The molecule has 0 fully saturated rings. The van der Waals surface area contributed by atoms with E-state index in [-0.39, 0.29) is 16.3 Å². The summed E-state index contributed by atoms with van der Waals surface area (Å²) in [6.07, 6.45) is 0. The first kappa shape index (κ1) is 15.4. The summed E-state index contributed by atoms with van der Waals surface area (Å²) in [6, 6.07) is 3.73. The zero-order valence-corrected chi connectivity index (χ0v) is 11.7. The number of amides is 1. The molecule has 1 rings (SSSR count). The molecule has 0 aliphatic heterocycles. The normalized spacial score (nSPS) is 11.2. The zero-order valence-electron chi connectivity index (χ0n) is 10.9. The summed E-state index contributed by atoms with van der Waals surface area (Å²) in [5.74, 6) is -0.476. The maximum Gasteiger partial charge on any atom is 0.270 e. The standard InChI is InChI=1S/C12H15ClN2O4/c1-12(2,7-19-3)14-11(16)9-6-8(15(17)18)4-5-10(9)13/h4-6H,7H2,1-3H3,(H,14,16). The number of non-ortho nitro benzene ring substituents is 1. The second-order valence-electron chi connectivity index (χ2n) is 4.69. The fourth-order valence-electron chi connectivity index (χ4n) is 1.57. The first-order valence-electron chi connectivity index (χ1n) is 5.52. The van der Waals surface area contributed by atoms with Gasteiger partial charge in [0.05, 0.1) is 27.7 Å². The Kier molecular flexibility index (Phi) is 4.85. The molecule has 0 atom stereocenters. The summed E-state index contributed by atoms with van der Waals surface area (Å²) < 4.78 is 4.98. The van der Waals surface area contributed by atoms with Crippen molar-refractivity contribution in [1.29, 1.82) is 0 Å². The second-order valence-corrected chi connectivity index (χ2v) is 5.10. The average molecular weight is 287 g/mol. The number of nitro groups is 1. The van der Waals surface area contributed by atoms with Crippen LogP contribution in [0.15, 0.2) is 18.2 Å². The average Bonchev–Trinajstić information content (AvgIpc) is 2.28. The van der Waals surface area contributed by atoms with Crippen LogP contribution in [0.25, 0.3) is 0 Å². The maximum absolute atomic E-state index is 12.1. The van der Waals surface area contributed by atoms with E-state index in [9.17, 15) is 14.9 Å². The molecule has 0 heterocycles. The highest BCUT2D eigenvalue weighted by molar-refractivity contribution is 6.34. The zero-order chi connectivity index (χ0) is 14.6. The monoisotopic (exact) mass is 286 g/mol. The van der Waals surface area contributed by atoms with Gasteiger partial charge in [-0.15, -0.1) is 0 Å². The molecule has 1 N–H and O–H groups in total. The number of rotatable bonds is 5. The fraction of sp³-hybridized carbons (Fsp3) is 0.417. The Labute approximate surface area is 115 Å². The van der Waals surface area contributed by atoms with Crippen LogP contribution in [0.4, 0.5) is 5.69 Å². The van der Waals surface area contributed by atoms with Crippen molar-refractivity contribution in [3.8, 4) is 0 Å². The maximum atomic E-state index is 12.1. The van der Waals surface area contributed by atoms with Crippen molar-refractivity contribution in [3.63, 3.8) is 0 Å². The van der Waals surface area contributed by atoms with Crippen LogP contribution in [0, 0.1) is 10.1 Å². The van der Waals surface area contributed by atoms with E-state index in [2.05, 4.69) is 5.32 Å². The van der Waals surface area contributed by atoms with Crippen molar-refractivity contribution in [2.45, 2.75) is 19.4 Å². The number of carbonyl (C=O) groups is 1. The highest BCUT2D eigenvalue weighted by Gasteiger charge is 2.23. The largest absolute Gasteiger partial charge is 0.382 e. The van der Waals surface area contributed by atoms with Gasteiger partial charge >= 0.3 is 0 Å². The van der Waals surface area contributed by atoms with E-state index < -0.39 is 16.4 Å². The molecule has 0 aromatic heterocycles. The molecule has 0 unspecified atom stereocenters. The Morgan fingerprint density at radius 1 is 1.53 bits per heavy atom. The molecule has 1 aromatic carbocycles. The molecule has 0 radical (unpaired) electrons. The van der Waals surface area contributed by atoms with E-state index >= 15 is 0 Å². The number of nitrogens with zero attached hydrogens (tertiary/aromatic N) is 1. The molecule has 6 nitrogen and oxygen atoms in total. The third-order valence-corrected chi connectivity index (χ3v) is 2.69. The number of nitrogens with one attached hydrogen (secondary N) is 1. The highest BCUT2D eigenvalue weighted by Crippen LogP contribution is 2.22. The highest BCUT2D eigenvalue weighted by atomic mass is 35.5. The van der Waals surface area contributed by atoms with E-state index in [0.717, 1.165) is 6.07 Å². The number of carbonyl (C=O) groups excluding carboxylic acids is 1. The van der Waals surface area contributed by atoms with Crippen LogP contribution in [0.2, 0.25) is 5.02 Å². The Morgan fingerprint density at radius 2 is 2.16 bits per heavy atom. The van der Waals surface area contributed by atoms with Gasteiger partial charge in [0, 0.05) is 19.2 Å². The fourth-order valence-corrected chi connectivity index (χ4v) is 1.78. The summed E-state index contributed by atoms with van der Waals surface area (Å²) in [7, 11) is 1.52. The van der Waals surface area contributed by atoms with Crippen LogP contribution in [-0.2, 0) is 4.74 Å². The number of hydrogen-bond donors (Lipinski definition) is 1. The number of methoxy groups -OCH3 is 1. The summed E-state index contributed by atoms with van der Waals surface area (Å²) in [5.41, 5.74) is -0.709. The third-order valence-electron chi connectivity index (χ3n) is 2.36. The summed E-state index contributed by atoms with van der Waals surface area (Å²) in [6.45, 7) is 3.87. The van der Waals surface area contributed by atoms with Gasteiger partial charge < -0.3 is 10.1 Å². The Morgan fingerprint density at radius 3 is 2.68 bits per heavy atom. The van der Waals surface area contributed by atoms with Crippen molar-refractivity contribution in [2.75, 3.05) is 13.7 Å². The van der Waals surface area contributed by atoms with Gasteiger partial charge in [0.15, 0.2) is 0 Å². The lowest BCUT2D eigenvalue weighted by Gasteiger charge is -2.25. The van der Waals surface area contributed by atoms with Crippen LogP contribution in [0.3, 0.4) is 0 Å². The van der Waals surface area contributed by atoms with Gasteiger partial charge in [0.2, 0.25) is 0 Å². The molecule has 104 valence electrons. The second kappa shape index (κ2) is 5.99. The molecule has 0 aliphatic carbocycles. The van der Waals surface area contributed by atoms with E-state index in [1.165, 1.54) is 19.2 Å². The third kappa shape index (κ3) is 4.18. The van der Waals surface area contributed by atoms with Crippen molar-refractivity contribution >= 4 is 23.2 Å². The molecule has 0 saturated heterocycles. The van der Waals surface area contributed by atoms with Gasteiger partial charge in [0.1, 0.15) is 0 Å². The smallest absolute Gasteiger partial charge is 0.270 e. The van der Waals surface area contributed by atoms with Gasteiger partial charge in [-0.3, -0.25) is 14.9 Å². The molecule has 0 saturated carbocycles.